The Morgan fingerprint density at radius 3 is 1.52 bits per heavy atom. The van der Waals surface area contributed by atoms with Gasteiger partial charge in [-0.15, -0.1) is 0 Å². The molecule has 0 amide bonds. The highest BCUT2D eigenvalue weighted by Crippen LogP contribution is 2.31. The van der Waals surface area contributed by atoms with Gasteiger partial charge in [0.05, 0.1) is 19.1 Å². The van der Waals surface area contributed by atoms with Crippen molar-refractivity contribution >= 4 is 35.1 Å². The Morgan fingerprint density at radius 1 is 0.926 bits per heavy atom. The van der Waals surface area contributed by atoms with E-state index in [0.717, 1.165) is 18.4 Å². The van der Waals surface area contributed by atoms with E-state index in [1.165, 1.54) is 0 Å². The van der Waals surface area contributed by atoms with Crippen molar-refractivity contribution in [1.29, 1.82) is 0 Å². The van der Waals surface area contributed by atoms with Gasteiger partial charge in [-0.1, -0.05) is 19.7 Å². The van der Waals surface area contributed by atoms with Crippen molar-refractivity contribution in [3.8, 4) is 0 Å². The SMILES string of the molecule is C=CC(=O)O.C=COC(=O)C=C.O=C1CC(=O)C(CC2CC(=O)CC2=O)C1. The predicted octanol–water partition coefficient (Wildman–Crippen LogP) is 1.59. The first kappa shape index (κ1) is 23.8. The van der Waals surface area contributed by atoms with Crippen LogP contribution in [0.15, 0.2) is 38.2 Å². The van der Waals surface area contributed by atoms with Crippen LogP contribution in [-0.4, -0.2) is 40.2 Å². The van der Waals surface area contributed by atoms with Crippen LogP contribution in [0.5, 0.6) is 0 Å². The third kappa shape index (κ3) is 9.78. The number of carboxylic acids is 1. The fraction of sp³-hybridized carbons (Fsp3) is 0.368. The maximum atomic E-state index is 11.3. The second-order valence-corrected chi connectivity index (χ2v) is 5.75. The molecule has 8 nitrogen and oxygen atoms in total. The van der Waals surface area contributed by atoms with Crippen molar-refractivity contribution in [1.82, 2.24) is 0 Å². The van der Waals surface area contributed by atoms with Gasteiger partial charge in [0.1, 0.15) is 23.1 Å². The van der Waals surface area contributed by atoms with Gasteiger partial charge in [-0.25, -0.2) is 9.59 Å². The lowest BCUT2D eigenvalue weighted by atomic mass is 9.91. The van der Waals surface area contributed by atoms with Gasteiger partial charge in [0, 0.05) is 36.8 Å². The lowest BCUT2D eigenvalue weighted by Crippen LogP contribution is -2.15. The van der Waals surface area contributed by atoms with Gasteiger partial charge in [-0.3, -0.25) is 19.2 Å². The molecule has 2 aliphatic rings. The molecular formula is C19H22O8. The van der Waals surface area contributed by atoms with Crippen molar-refractivity contribution in [2.45, 2.75) is 32.1 Å². The maximum absolute atomic E-state index is 11.3. The number of ether oxygens (including phenoxy) is 1. The average molecular weight is 378 g/mol. The molecule has 0 saturated heterocycles. The van der Waals surface area contributed by atoms with Crippen LogP contribution in [-0.2, 0) is 33.5 Å². The first-order chi connectivity index (χ1) is 12.6. The van der Waals surface area contributed by atoms with Crippen molar-refractivity contribution in [3.05, 3.63) is 38.2 Å². The van der Waals surface area contributed by atoms with Crippen molar-refractivity contribution < 1.29 is 38.6 Å². The van der Waals surface area contributed by atoms with Crippen LogP contribution >= 0.6 is 0 Å². The van der Waals surface area contributed by atoms with E-state index in [0.29, 0.717) is 6.42 Å². The molecule has 0 aromatic rings. The molecule has 0 spiro atoms. The Hall–Kier alpha value is -3.16. The number of carbonyl (C=O) groups excluding carboxylic acids is 5. The van der Waals surface area contributed by atoms with Crippen LogP contribution in [0.4, 0.5) is 0 Å². The number of carboxylic acid groups (broad SMARTS) is 1. The van der Waals surface area contributed by atoms with E-state index in [-0.39, 0.29) is 60.7 Å². The van der Waals surface area contributed by atoms with Gasteiger partial charge in [0.15, 0.2) is 0 Å². The summed E-state index contributed by atoms with van der Waals surface area (Å²) >= 11 is 0. The smallest absolute Gasteiger partial charge is 0.334 e. The quantitative estimate of drug-likeness (QED) is 0.330. The van der Waals surface area contributed by atoms with Crippen LogP contribution in [0.1, 0.15) is 32.1 Å². The first-order valence-corrected chi connectivity index (χ1v) is 8.02. The third-order valence-electron chi connectivity index (χ3n) is 3.71. The summed E-state index contributed by atoms with van der Waals surface area (Å²) in [6.45, 7) is 9.28. The van der Waals surface area contributed by atoms with E-state index in [4.69, 9.17) is 5.11 Å². The molecule has 8 heteroatoms. The molecule has 0 bridgehead atoms. The number of aliphatic carboxylic acids is 1. The van der Waals surface area contributed by atoms with Gasteiger partial charge in [-0.05, 0) is 6.42 Å². The third-order valence-corrected chi connectivity index (χ3v) is 3.71. The standard InChI is InChI=1S/C11H12O4.C5H6O2.C3H4O2/c12-8-2-6(10(14)4-8)1-7-3-9(13)5-11(7)15;1-3-5(6)7-4-2;1-2-3(4)5/h6-7H,1-5H2;3-4H,1-2H2;2H,1H2,(H,4,5). The second kappa shape index (κ2) is 12.2. The number of esters is 1. The Labute approximate surface area is 156 Å². The Morgan fingerprint density at radius 2 is 1.33 bits per heavy atom. The summed E-state index contributed by atoms with van der Waals surface area (Å²) in [5.74, 6) is -2.28. The minimum absolute atomic E-state index is 0.0134. The largest absolute Gasteiger partial charge is 0.478 e. The number of hydrogen-bond donors (Lipinski definition) is 1. The Balaban J connectivity index is 0.000000472. The number of ketones is 4. The molecule has 0 aromatic carbocycles. The average Bonchev–Trinajstić information content (AvgIpc) is 3.09. The van der Waals surface area contributed by atoms with Crippen LogP contribution in [0.25, 0.3) is 0 Å². The minimum Gasteiger partial charge on any atom is -0.478 e. The summed E-state index contributed by atoms with van der Waals surface area (Å²) in [5, 5.41) is 7.60. The zero-order chi connectivity index (χ0) is 21.0. The summed E-state index contributed by atoms with van der Waals surface area (Å²) < 4.78 is 4.20. The van der Waals surface area contributed by atoms with Gasteiger partial charge >= 0.3 is 11.9 Å². The molecule has 27 heavy (non-hydrogen) atoms. The van der Waals surface area contributed by atoms with E-state index in [1.54, 1.807) is 0 Å². The zero-order valence-electron chi connectivity index (χ0n) is 14.8. The molecule has 2 saturated carbocycles. The topological polar surface area (TPSA) is 132 Å². The molecule has 0 aromatic heterocycles. The summed E-state index contributed by atoms with van der Waals surface area (Å²) in [7, 11) is 0. The van der Waals surface area contributed by atoms with Crippen LogP contribution in [0.2, 0.25) is 0 Å². The molecule has 1 N–H and O–H groups in total. The predicted molar refractivity (Wildman–Crippen MR) is 94.4 cm³/mol. The van der Waals surface area contributed by atoms with Crippen molar-refractivity contribution in [3.63, 3.8) is 0 Å². The highest BCUT2D eigenvalue weighted by molar-refractivity contribution is 6.09. The fourth-order valence-corrected chi connectivity index (χ4v) is 2.50. The molecule has 0 heterocycles. The molecule has 2 rings (SSSR count). The van der Waals surface area contributed by atoms with E-state index in [1.807, 2.05) is 0 Å². The Bertz CT molecular complexity index is 625. The first-order valence-electron chi connectivity index (χ1n) is 8.02. The highest BCUT2D eigenvalue weighted by Gasteiger charge is 2.38. The van der Waals surface area contributed by atoms with Gasteiger partial charge < -0.3 is 9.84 Å². The summed E-state index contributed by atoms with van der Waals surface area (Å²) in [5.41, 5.74) is 0. The zero-order valence-corrected chi connectivity index (χ0v) is 14.8. The van der Waals surface area contributed by atoms with Crippen molar-refractivity contribution in [2.24, 2.45) is 11.8 Å². The molecule has 2 fully saturated rings. The molecule has 2 aliphatic carbocycles. The van der Waals surface area contributed by atoms with Crippen LogP contribution in [0, 0.1) is 11.8 Å². The molecular weight excluding hydrogens is 356 g/mol. The molecule has 0 aliphatic heterocycles. The summed E-state index contributed by atoms with van der Waals surface area (Å²) in [6, 6.07) is 0. The lowest BCUT2D eigenvalue weighted by molar-refractivity contribution is -0.132. The molecule has 146 valence electrons. The van der Waals surface area contributed by atoms with E-state index < -0.39 is 11.9 Å². The normalized spacial score (nSPS) is 20.6. The van der Waals surface area contributed by atoms with Crippen LogP contribution in [0.3, 0.4) is 0 Å². The lowest BCUT2D eigenvalue weighted by Gasteiger charge is -2.10. The number of hydrogen-bond acceptors (Lipinski definition) is 7. The van der Waals surface area contributed by atoms with Crippen molar-refractivity contribution in [2.75, 3.05) is 0 Å². The molecule has 2 unspecified atom stereocenters. The maximum Gasteiger partial charge on any atom is 0.334 e. The molecule has 2 atom stereocenters. The van der Waals surface area contributed by atoms with E-state index >= 15 is 0 Å². The van der Waals surface area contributed by atoms with Gasteiger partial charge in [-0.2, -0.15) is 0 Å². The van der Waals surface area contributed by atoms with Gasteiger partial charge in [0.2, 0.25) is 0 Å². The monoisotopic (exact) mass is 378 g/mol. The summed E-state index contributed by atoms with van der Waals surface area (Å²) in [4.78, 5) is 64.0. The second-order valence-electron chi connectivity index (χ2n) is 5.75. The minimum atomic E-state index is -0.981. The van der Waals surface area contributed by atoms with E-state index in [9.17, 15) is 28.8 Å². The fourth-order valence-electron chi connectivity index (χ4n) is 2.50. The van der Waals surface area contributed by atoms with Gasteiger partial charge in [0.25, 0.3) is 0 Å². The van der Waals surface area contributed by atoms with E-state index in [2.05, 4.69) is 24.5 Å². The highest BCUT2D eigenvalue weighted by atomic mass is 16.5. The van der Waals surface area contributed by atoms with Crippen LogP contribution < -0.4 is 0 Å². The Kier molecular flexibility index (Phi) is 10.8. The summed E-state index contributed by atoms with van der Waals surface area (Å²) in [6.07, 6.45) is 3.91. The number of carbonyl (C=O) groups is 6. The number of rotatable bonds is 5. The number of Topliss-reactive ketones (excluding diaryl/α,β-unsaturated/α-hetero) is 4. The molecule has 0 radical (unpaired) electrons.